The highest BCUT2D eigenvalue weighted by Gasteiger charge is 2.19. The second-order valence-corrected chi connectivity index (χ2v) is 14.5. The zero-order valence-corrected chi connectivity index (χ0v) is 31.4. The summed E-state index contributed by atoms with van der Waals surface area (Å²) in [7, 11) is 0. The summed E-state index contributed by atoms with van der Waals surface area (Å²) in [4.78, 5) is 17.5. The van der Waals surface area contributed by atoms with Gasteiger partial charge in [-0.15, -0.1) is 0 Å². The van der Waals surface area contributed by atoms with Gasteiger partial charge in [-0.3, -0.25) is 4.98 Å². The molecular formula is C53H35N5. The Labute approximate surface area is 335 Å². The van der Waals surface area contributed by atoms with Crippen LogP contribution in [0.1, 0.15) is 0 Å². The van der Waals surface area contributed by atoms with Crippen LogP contribution in [0.4, 0.5) is 17.1 Å². The van der Waals surface area contributed by atoms with Gasteiger partial charge in [-0.25, -0.2) is 9.97 Å². The molecule has 0 spiro atoms. The lowest BCUT2D eigenvalue weighted by Gasteiger charge is -2.27. The molecule has 58 heavy (non-hydrogen) atoms. The summed E-state index contributed by atoms with van der Waals surface area (Å²) in [5, 5.41) is 3.54. The van der Waals surface area contributed by atoms with Gasteiger partial charge in [0.05, 0.1) is 44.7 Å². The van der Waals surface area contributed by atoms with Gasteiger partial charge in [0.15, 0.2) is 0 Å². The van der Waals surface area contributed by atoms with E-state index in [2.05, 4.69) is 167 Å². The summed E-state index contributed by atoms with van der Waals surface area (Å²) in [6.07, 6.45) is 1.87. The van der Waals surface area contributed by atoms with Crippen LogP contribution < -0.4 is 4.90 Å². The van der Waals surface area contributed by atoms with Gasteiger partial charge < -0.3 is 9.47 Å². The Bertz CT molecular complexity index is 3260. The molecule has 0 radical (unpaired) electrons. The van der Waals surface area contributed by atoms with Crippen LogP contribution in [0.2, 0.25) is 0 Å². The van der Waals surface area contributed by atoms with Gasteiger partial charge in [0.2, 0.25) is 0 Å². The molecule has 0 saturated carbocycles. The Morgan fingerprint density at radius 2 is 0.966 bits per heavy atom. The largest absolute Gasteiger partial charge is 0.309 e. The number of hydrogen-bond acceptors (Lipinski definition) is 4. The third-order valence-electron chi connectivity index (χ3n) is 11.0. The van der Waals surface area contributed by atoms with Crippen LogP contribution in [-0.4, -0.2) is 19.5 Å². The number of hydrogen-bond donors (Lipinski definition) is 0. The van der Waals surface area contributed by atoms with Crippen molar-refractivity contribution in [3.8, 4) is 39.3 Å². The van der Waals surface area contributed by atoms with Crippen molar-refractivity contribution in [3.05, 3.63) is 212 Å². The molecule has 5 nitrogen and oxygen atoms in total. The topological polar surface area (TPSA) is 46.8 Å². The van der Waals surface area contributed by atoms with Gasteiger partial charge in [0.1, 0.15) is 0 Å². The molecular weight excluding hydrogens is 707 g/mol. The lowest BCUT2D eigenvalue weighted by molar-refractivity contribution is 1.17. The van der Waals surface area contributed by atoms with Gasteiger partial charge in [-0.1, -0.05) is 127 Å². The lowest BCUT2D eigenvalue weighted by Crippen LogP contribution is -2.11. The van der Waals surface area contributed by atoms with Crippen LogP contribution >= 0.6 is 0 Å². The van der Waals surface area contributed by atoms with Gasteiger partial charge in [0.25, 0.3) is 0 Å². The molecule has 3 heterocycles. The van der Waals surface area contributed by atoms with Crippen LogP contribution in [-0.2, 0) is 0 Å². The molecule has 11 aromatic rings. The van der Waals surface area contributed by atoms with Crippen LogP contribution in [0.5, 0.6) is 0 Å². The maximum absolute atomic E-state index is 5.16. The second kappa shape index (κ2) is 14.0. The molecule has 0 bridgehead atoms. The molecule has 0 unspecified atom stereocenters. The smallest absolute Gasteiger partial charge is 0.0973 e. The van der Waals surface area contributed by atoms with E-state index in [0.717, 1.165) is 67.2 Å². The van der Waals surface area contributed by atoms with E-state index in [-0.39, 0.29) is 0 Å². The molecule has 0 aliphatic heterocycles. The lowest BCUT2D eigenvalue weighted by atomic mass is 10.0. The quantitative estimate of drug-likeness (QED) is 0.163. The van der Waals surface area contributed by atoms with E-state index in [9.17, 15) is 0 Å². The van der Waals surface area contributed by atoms with Crippen molar-refractivity contribution in [2.24, 2.45) is 0 Å². The first-order chi connectivity index (χ1) is 28.8. The third-order valence-corrected chi connectivity index (χ3v) is 11.0. The fourth-order valence-corrected chi connectivity index (χ4v) is 8.27. The number of nitrogens with zero attached hydrogens (tertiary/aromatic N) is 5. The number of anilines is 3. The molecule has 5 heteroatoms. The average molecular weight is 742 g/mol. The number of aromatic nitrogens is 4. The van der Waals surface area contributed by atoms with Crippen molar-refractivity contribution in [2.45, 2.75) is 0 Å². The van der Waals surface area contributed by atoms with E-state index in [1.165, 1.54) is 32.9 Å². The van der Waals surface area contributed by atoms with Crippen molar-refractivity contribution in [1.82, 2.24) is 19.5 Å². The van der Waals surface area contributed by atoms with E-state index >= 15 is 0 Å². The van der Waals surface area contributed by atoms with Gasteiger partial charge in [0, 0.05) is 50.5 Å². The number of benzene rings is 8. The zero-order valence-electron chi connectivity index (χ0n) is 31.4. The SMILES string of the molecule is c1ccc(-c2ccc3c(c2)c2ccccc2n3-c2ccc(N(c3ccc(-c4nc5ccccc5nc4-c4ccccc4)cc3)c3cccc4cccnc34)cc2)cc1. The van der Waals surface area contributed by atoms with Crippen LogP contribution in [0.3, 0.4) is 0 Å². The van der Waals surface area contributed by atoms with E-state index < -0.39 is 0 Å². The van der Waals surface area contributed by atoms with Crippen molar-refractivity contribution in [1.29, 1.82) is 0 Å². The first-order valence-corrected chi connectivity index (χ1v) is 19.5. The van der Waals surface area contributed by atoms with Crippen LogP contribution in [0.15, 0.2) is 212 Å². The molecule has 0 atom stereocenters. The molecule has 0 aliphatic rings. The average Bonchev–Trinajstić information content (AvgIpc) is 3.63. The molecule has 272 valence electrons. The monoisotopic (exact) mass is 741 g/mol. The minimum absolute atomic E-state index is 0.848. The summed E-state index contributed by atoms with van der Waals surface area (Å²) >= 11 is 0. The minimum atomic E-state index is 0.848. The van der Waals surface area contributed by atoms with Crippen molar-refractivity contribution < 1.29 is 0 Å². The summed E-state index contributed by atoms with van der Waals surface area (Å²) in [6.45, 7) is 0. The standard InChI is InChI=1S/C53H35N5/c1-3-13-36(14-4-1)40-26-33-49-45(35-40)44-19-7-10-22-48(44)58(49)43-31-29-42(30-32-43)57(50-23-11-17-37-18-12-34-54-51(37)50)41-27-24-39(25-28-41)53-52(38-15-5-2-6-16-38)55-46-20-8-9-21-47(46)56-53/h1-35H. The maximum Gasteiger partial charge on any atom is 0.0973 e. The molecule has 0 N–H and O–H groups in total. The van der Waals surface area contributed by atoms with E-state index in [1.807, 2.05) is 54.7 Å². The Morgan fingerprint density at radius 3 is 1.69 bits per heavy atom. The molecule has 3 aromatic heterocycles. The Balaban J connectivity index is 1.03. The van der Waals surface area contributed by atoms with Gasteiger partial charge in [-0.05, 0) is 90.0 Å². The molecule has 8 aromatic carbocycles. The second-order valence-electron chi connectivity index (χ2n) is 14.5. The van der Waals surface area contributed by atoms with E-state index in [1.54, 1.807) is 0 Å². The predicted molar refractivity (Wildman–Crippen MR) is 240 cm³/mol. The molecule has 0 amide bonds. The molecule has 0 fully saturated rings. The predicted octanol–water partition coefficient (Wildman–Crippen LogP) is 13.7. The summed E-state index contributed by atoms with van der Waals surface area (Å²) in [5.41, 5.74) is 15.3. The fraction of sp³-hybridized carbons (Fsp3) is 0. The normalized spacial score (nSPS) is 11.4. The number of fused-ring (bicyclic) bond motifs is 5. The Hall–Kier alpha value is -7.89. The van der Waals surface area contributed by atoms with Gasteiger partial charge in [-0.2, -0.15) is 0 Å². The maximum atomic E-state index is 5.16. The number of rotatable bonds is 7. The van der Waals surface area contributed by atoms with Crippen molar-refractivity contribution >= 4 is 60.8 Å². The first kappa shape index (κ1) is 33.4. The highest BCUT2D eigenvalue weighted by atomic mass is 15.1. The number of para-hydroxylation sites is 4. The summed E-state index contributed by atoms with van der Waals surface area (Å²) in [6, 6.07) is 72.5. The molecule has 11 rings (SSSR count). The Morgan fingerprint density at radius 1 is 0.397 bits per heavy atom. The minimum Gasteiger partial charge on any atom is -0.309 e. The third kappa shape index (κ3) is 5.76. The Kier molecular flexibility index (Phi) is 8.07. The van der Waals surface area contributed by atoms with E-state index in [0.29, 0.717) is 0 Å². The van der Waals surface area contributed by atoms with Gasteiger partial charge >= 0.3 is 0 Å². The highest BCUT2D eigenvalue weighted by Crippen LogP contribution is 2.41. The summed E-state index contributed by atoms with van der Waals surface area (Å²) in [5.74, 6) is 0. The number of pyridine rings is 1. The van der Waals surface area contributed by atoms with Crippen LogP contribution in [0, 0.1) is 0 Å². The molecule has 0 aliphatic carbocycles. The van der Waals surface area contributed by atoms with Crippen molar-refractivity contribution in [3.63, 3.8) is 0 Å². The van der Waals surface area contributed by atoms with E-state index in [4.69, 9.17) is 15.0 Å². The molecule has 0 saturated heterocycles. The van der Waals surface area contributed by atoms with Crippen LogP contribution in [0.25, 0.3) is 83.1 Å². The zero-order chi connectivity index (χ0) is 38.4. The van der Waals surface area contributed by atoms with Crippen molar-refractivity contribution in [2.75, 3.05) is 4.90 Å². The highest BCUT2D eigenvalue weighted by molar-refractivity contribution is 6.10. The fourth-order valence-electron chi connectivity index (χ4n) is 8.27. The summed E-state index contributed by atoms with van der Waals surface area (Å²) < 4.78 is 2.37. The first-order valence-electron chi connectivity index (χ1n) is 19.5.